The highest BCUT2D eigenvalue weighted by Gasteiger charge is 2.18. The van der Waals surface area contributed by atoms with Gasteiger partial charge in [-0.05, 0) is 74.3 Å². The smallest absolute Gasteiger partial charge is 0.0163 e. The van der Waals surface area contributed by atoms with Gasteiger partial charge in [0.05, 0.1) is 0 Å². The van der Waals surface area contributed by atoms with Gasteiger partial charge in [-0.3, -0.25) is 0 Å². The van der Waals surface area contributed by atoms with Crippen LogP contribution in [0.3, 0.4) is 0 Å². The summed E-state index contributed by atoms with van der Waals surface area (Å²) in [6.45, 7) is 20.9. The molecule has 0 heteroatoms. The quantitative estimate of drug-likeness (QED) is 0.411. The van der Waals surface area contributed by atoms with Crippen molar-refractivity contribution in [3.8, 4) is 0 Å². The molecule has 0 unspecified atom stereocenters. The molecule has 3 atom stereocenters. The van der Waals surface area contributed by atoms with E-state index in [9.17, 15) is 0 Å². The minimum atomic E-state index is 0.785. The minimum Gasteiger partial charge on any atom is -0.106 e. The molecule has 0 aromatic heterocycles. The third-order valence-electron chi connectivity index (χ3n) is 5.51. The van der Waals surface area contributed by atoms with Crippen LogP contribution in [0.5, 0.6) is 0 Å². The van der Waals surface area contributed by atoms with E-state index < -0.39 is 0 Å². The monoisotopic (exact) mass is 356 g/mol. The summed E-state index contributed by atoms with van der Waals surface area (Å²) in [7, 11) is 0. The molecular weight excluding hydrogens is 312 g/mol. The van der Waals surface area contributed by atoms with Crippen LogP contribution >= 0.6 is 0 Å². The average molecular weight is 357 g/mol. The maximum atomic E-state index is 4.01. The molecule has 0 aromatic rings. The Bertz CT molecular complexity index is 474. The molecule has 26 heavy (non-hydrogen) atoms. The van der Waals surface area contributed by atoms with Crippen molar-refractivity contribution >= 4 is 0 Å². The van der Waals surface area contributed by atoms with Gasteiger partial charge in [0.15, 0.2) is 0 Å². The molecule has 148 valence electrons. The number of hydrogen-bond acceptors (Lipinski definition) is 0. The van der Waals surface area contributed by atoms with E-state index in [1.165, 1.54) is 50.5 Å². The first-order valence-electron chi connectivity index (χ1n) is 10.8. The zero-order valence-electron chi connectivity index (χ0n) is 18.3. The van der Waals surface area contributed by atoms with E-state index in [0.29, 0.717) is 0 Å². The van der Waals surface area contributed by atoms with Crippen LogP contribution in [0, 0.1) is 17.8 Å². The maximum Gasteiger partial charge on any atom is -0.0163 e. The van der Waals surface area contributed by atoms with Gasteiger partial charge in [0.1, 0.15) is 0 Å². The Morgan fingerprint density at radius 2 is 1.62 bits per heavy atom. The molecule has 0 saturated heterocycles. The van der Waals surface area contributed by atoms with E-state index in [1.54, 1.807) is 11.1 Å². The van der Waals surface area contributed by atoms with Crippen molar-refractivity contribution in [1.82, 2.24) is 0 Å². The van der Waals surface area contributed by atoms with Gasteiger partial charge >= 0.3 is 0 Å². The van der Waals surface area contributed by atoms with Crippen molar-refractivity contribution in [3.63, 3.8) is 0 Å². The Balaban J connectivity index is 0.000000409. The van der Waals surface area contributed by atoms with Crippen LogP contribution in [0.4, 0.5) is 0 Å². The summed E-state index contributed by atoms with van der Waals surface area (Å²) >= 11 is 0. The molecule has 0 radical (unpaired) electrons. The molecule has 0 heterocycles. The lowest BCUT2D eigenvalue weighted by molar-refractivity contribution is 0.315. The van der Waals surface area contributed by atoms with Gasteiger partial charge in [-0.2, -0.15) is 0 Å². The molecular formula is C26H44. The standard InChI is InChI=1S/C12H16.C10H18.C2H6.C2H4/c1-10-6-5-8-11-7-3-2-4-9-12(10)11;1-8(2)10-6-4-5-9(3)7-10;2*1-2/h3-4,7,9-10H,2,5-6,8H2,1H3;9-10H,1,4-7H2,2-3H3;1-2H3;1-2H2/t10-;9-,10+;;/m11../s1. The van der Waals surface area contributed by atoms with Crippen LogP contribution in [0.1, 0.15) is 86.0 Å². The van der Waals surface area contributed by atoms with Crippen LogP contribution in [-0.2, 0) is 0 Å². The first-order chi connectivity index (χ1) is 12.6. The molecule has 3 rings (SSSR count). The third kappa shape index (κ3) is 8.88. The van der Waals surface area contributed by atoms with Crippen molar-refractivity contribution in [1.29, 1.82) is 0 Å². The predicted octanol–water partition coefficient (Wildman–Crippen LogP) is 8.84. The van der Waals surface area contributed by atoms with Gasteiger partial charge in [-0.25, -0.2) is 0 Å². The number of hydrogen-bond donors (Lipinski definition) is 0. The largest absolute Gasteiger partial charge is 0.106 e. The van der Waals surface area contributed by atoms with Crippen molar-refractivity contribution in [3.05, 3.63) is 60.8 Å². The van der Waals surface area contributed by atoms with Crippen LogP contribution in [0.15, 0.2) is 60.8 Å². The average Bonchev–Trinajstić information content (AvgIpc) is 2.92. The molecule has 1 saturated carbocycles. The summed E-state index contributed by atoms with van der Waals surface area (Å²) in [4.78, 5) is 0. The number of allylic oxidation sites excluding steroid dienone is 7. The van der Waals surface area contributed by atoms with Gasteiger partial charge in [0, 0.05) is 0 Å². The van der Waals surface area contributed by atoms with E-state index in [2.05, 4.69) is 64.8 Å². The Kier molecular flexibility index (Phi) is 14.1. The first-order valence-corrected chi connectivity index (χ1v) is 10.8. The van der Waals surface area contributed by atoms with Crippen molar-refractivity contribution in [2.75, 3.05) is 0 Å². The summed E-state index contributed by atoms with van der Waals surface area (Å²) < 4.78 is 0. The molecule has 0 bridgehead atoms. The van der Waals surface area contributed by atoms with Crippen molar-refractivity contribution in [2.24, 2.45) is 17.8 Å². The second kappa shape index (κ2) is 14.8. The van der Waals surface area contributed by atoms with Gasteiger partial charge in [0.25, 0.3) is 0 Å². The number of rotatable bonds is 1. The Morgan fingerprint density at radius 1 is 0.962 bits per heavy atom. The lowest BCUT2D eigenvalue weighted by atomic mass is 9.79. The van der Waals surface area contributed by atoms with E-state index in [-0.39, 0.29) is 0 Å². The fourth-order valence-electron chi connectivity index (χ4n) is 4.03. The Labute approximate surface area is 164 Å². The Morgan fingerprint density at radius 3 is 2.19 bits per heavy atom. The fourth-order valence-corrected chi connectivity index (χ4v) is 4.03. The zero-order valence-corrected chi connectivity index (χ0v) is 18.3. The van der Waals surface area contributed by atoms with Crippen molar-refractivity contribution < 1.29 is 0 Å². The third-order valence-corrected chi connectivity index (χ3v) is 5.51. The highest BCUT2D eigenvalue weighted by molar-refractivity contribution is 5.38. The molecule has 0 aliphatic heterocycles. The molecule has 0 amide bonds. The maximum absolute atomic E-state index is 4.01. The highest BCUT2D eigenvalue weighted by Crippen LogP contribution is 2.33. The second-order valence-electron chi connectivity index (χ2n) is 7.63. The lowest BCUT2D eigenvalue weighted by Crippen LogP contribution is -2.13. The zero-order chi connectivity index (χ0) is 19.9. The molecule has 0 aromatic carbocycles. The molecule has 0 nitrogen and oxygen atoms in total. The van der Waals surface area contributed by atoms with Crippen LogP contribution in [-0.4, -0.2) is 0 Å². The predicted molar refractivity (Wildman–Crippen MR) is 121 cm³/mol. The lowest BCUT2D eigenvalue weighted by Gasteiger charge is -2.26. The van der Waals surface area contributed by atoms with E-state index >= 15 is 0 Å². The normalized spacial score (nSPS) is 26.6. The fraction of sp³-hybridized carbons (Fsp3) is 0.615. The van der Waals surface area contributed by atoms with Crippen LogP contribution in [0.25, 0.3) is 0 Å². The van der Waals surface area contributed by atoms with Crippen LogP contribution < -0.4 is 0 Å². The van der Waals surface area contributed by atoms with E-state index in [1.807, 2.05) is 13.8 Å². The molecule has 3 aliphatic carbocycles. The summed E-state index contributed by atoms with van der Waals surface area (Å²) in [5.41, 5.74) is 4.57. The van der Waals surface area contributed by atoms with Crippen molar-refractivity contribution in [2.45, 2.75) is 86.0 Å². The second-order valence-corrected chi connectivity index (χ2v) is 7.63. The summed E-state index contributed by atoms with van der Waals surface area (Å²) in [6.07, 6.45) is 20.0. The Hall–Kier alpha value is -1.30. The minimum absolute atomic E-state index is 0.785. The SMILES string of the molecule is C=C.C=C(C)[C@H]1CCC[C@@H](C)C1.CC.C[C@@H]1CCCC2=C1C=CCC=C2. The highest BCUT2D eigenvalue weighted by atomic mass is 14.2. The molecule has 3 aliphatic rings. The summed E-state index contributed by atoms with van der Waals surface area (Å²) in [6, 6.07) is 0. The molecule has 0 N–H and O–H groups in total. The van der Waals surface area contributed by atoms with Crippen LogP contribution in [0.2, 0.25) is 0 Å². The first kappa shape index (κ1) is 24.7. The van der Waals surface area contributed by atoms with Gasteiger partial charge < -0.3 is 0 Å². The van der Waals surface area contributed by atoms with Gasteiger partial charge in [-0.15, -0.1) is 13.2 Å². The summed E-state index contributed by atoms with van der Waals surface area (Å²) in [5, 5.41) is 0. The van der Waals surface area contributed by atoms with Gasteiger partial charge in [-0.1, -0.05) is 77.0 Å². The van der Waals surface area contributed by atoms with E-state index in [4.69, 9.17) is 0 Å². The molecule has 0 spiro atoms. The van der Waals surface area contributed by atoms with Gasteiger partial charge in [0.2, 0.25) is 0 Å². The topological polar surface area (TPSA) is 0 Å². The summed E-state index contributed by atoms with van der Waals surface area (Å²) in [5.74, 6) is 2.56. The molecule has 1 fully saturated rings. The van der Waals surface area contributed by atoms with E-state index in [0.717, 1.165) is 24.2 Å².